The quantitative estimate of drug-likeness (QED) is 0.419. The number of hydrogen-bond acceptors (Lipinski definition) is 6. The molecule has 0 saturated heterocycles. The van der Waals surface area contributed by atoms with Gasteiger partial charge < -0.3 is 9.30 Å². The number of ether oxygens (including phenoxy) is 1. The van der Waals surface area contributed by atoms with Crippen molar-refractivity contribution in [3.8, 4) is 11.4 Å². The third kappa shape index (κ3) is 4.64. The van der Waals surface area contributed by atoms with E-state index in [1.165, 1.54) is 17.5 Å². The highest BCUT2D eigenvalue weighted by Gasteiger charge is 2.18. The highest BCUT2D eigenvalue weighted by molar-refractivity contribution is 5.97. The molecule has 0 bridgehead atoms. The largest absolute Gasteiger partial charge is 0.469 e. The minimum Gasteiger partial charge on any atom is -0.469 e. The molecule has 0 spiro atoms. The molecule has 0 aliphatic carbocycles. The van der Waals surface area contributed by atoms with Gasteiger partial charge in [0.1, 0.15) is 6.54 Å². The Kier molecular flexibility index (Phi) is 6.44. The van der Waals surface area contributed by atoms with Crippen LogP contribution in [0.1, 0.15) is 53.5 Å². The first kappa shape index (κ1) is 21.4. The molecule has 2 aromatic heterocycles. The predicted octanol–water partition coefficient (Wildman–Crippen LogP) is 3.33. The Balaban J connectivity index is 1.72. The van der Waals surface area contributed by atoms with Gasteiger partial charge in [-0.1, -0.05) is 38.1 Å². The predicted molar refractivity (Wildman–Crippen MR) is 112 cm³/mol. The lowest BCUT2D eigenvalue weighted by atomic mass is 10.0. The minimum absolute atomic E-state index is 0.00161. The molecule has 0 fully saturated rings. The highest BCUT2D eigenvalue weighted by Crippen LogP contribution is 2.20. The maximum Gasteiger partial charge on any atom is 0.307 e. The number of benzene rings is 1. The monoisotopic (exact) mass is 409 g/mol. The lowest BCUT2D eigenvalue weighted by Crippen LogP contribution is -2.15. The maximum atomic E-state index is 12.8. The van der Waals surface area contributed by atoms with E-state index in [2.05, 4.69) is 41.4 Å². The number of rotatable bonds is 8. The van der Waals surface area contributed by atoms with Crippen LogP contribution in [0.15, 0.2) is 30.3 Å². The molecule has 0 saturated carbocycles. The molecule has 0 aliphatic heterocycles. The number of aromatic nitrogens is 5. The van der Waals surface area contributed by atoms with E-state index < -0.39 is 0 Å². The summed E-state index contributed by atoms with van der Waals surface area (Å²) >= 11 is 0. The molecule has 0 unspecified atom stereocenters. The second kappa shape index (κ2) is 9.02. The highest BCUT2D eigenvalue weighted by atomic mass is 16.5. The van der Waals surface area contributed by atoms with Gasteiger partial charge in [-0.05, 0) is 36.6 Å². The van der Waals surface area contributed by atoms with Gasteiger partial charge in [0.2, 0.25) is 5.82 Å². The van der Waals surface area contributed by atoms with Crippen LogP contribution < -0.4 is 0 Å². The van der Waals surface area contributed by atoms with Crippen LogP contribution >= 0.6 is 0 Å². The standard InChI is InChI=1S/C22H27N5O3/c1-14(2)17-6-8-18(9-7-17)22-23-25-27(24-22)13-20(28)19-12-15(3)26(16(19)4)11-10-21(29)30-5/h6-9,12,14H,10-11,13H2,1-5H3. The number of aryl methyl sites for hydroxylation is 1. The SMILES string of the molecule is COC(=O)CCn1c(C)cc(C(=O)Cn2nnc(-c3ccc(C(C)C)cc3)n2)c1C. The molecular formula is C22H27N5O3. The summed E-state index contributed by atoms with van der Waals surface area (Å²) in [6.45, 7) is 8.53. The number of Topliss-reactive ketones (excluding diaryl/α,β-unsaturated/α-hetero) is 1. The second-order valence-corrected chi connectivity index (χ2v) is 7.61. The van der Waals surface area contributed by atoms with Gasteiger partial charge in [0.15, 0.2) is 5.78 Å². The number of hydrogen-bond donors (Lipinski definition) is 0. The molecule has 0 aliphatic rings. The molecule has 2 heterocycles. The Hall–Kier alpha value is -3.29. The molecule has 8 heteroatoms. The van der Waals surface area contributed by atoms with Crippen molar-refractivity contribution in [2.75, 3.05) is 7.11 Å². The van der Waals surface area contributed by atoms with Gasteiger partial charge in [-0.3, -0.25) is 9.59 Å². The van der Waals surface area contributed by atoms with Crippen molar-refractivity contribution < 1.29 is 14.3 Å². The first-order valence-electron chi connectivity index (χ1n) is 9.95. The van der Waals surface area contributed by atoms with Gasteiger partial charge in [-0.25, -0.2) is 0 Å². The summed E-state index contributed by atoms with van der Waals surface area (Å²) in [5.74, 6) is 0.552. The van der Waals surface area contributed by atoms with Crippen LogP contribution in [0, 0.1) is 13.8 Å². The summed E-state index contributed by atoms with van der Waals surface area (Å²) < 4.78 is 6.64. The fraction of sp³-hybridized carbons (Fsp3) is 0.409. The molecule has 0 radical (unpaired) electrons. The van der Waals surface area contributed by atoms with Gasteiger partial charge in [0.25, 0.3) is 0 Å². The van der Waals surface area contributed by atoms with Crippen molar-refractivity contribution in [3.05, 3.63) is 52.8 Å². The molecule has 3 rings (SSSR count). The Morgan fingerprint density at radius 1 is 1.13 bits per heavy atom. The topological polar surface area (TPSA) is 91.9 Å². The van der Waals surface area contributed by atoms with Crippen molar-refractivity contribution in [1.29, 1.82) is 0 Å². The van der Waals surface area contributed by atoms with Crippen LogP contribution in [0.25, 0.3) is 11.4 Å². The summed E-state index contributed by atoms with van der Waals surface area (Å²) in [4.78, 5) is 25.6. The number of methoxy groups -OCH3 is 1. The van der Waals surface area contributed by atoms with Crippen LogP contribution in [0.4, 0.5) is 0 Å². The smallest absolute Gasteiger partial charge is 0.307 e. The number of carbonyl (C=O) groups excluding carboxylic acids is 2. The number of carbonyl (C=O) groups is 2. The minimum atomic E-state index is -0.281. The van der Waals surface area contributed by atoms with Crippen LogP contribution in [0.2, 0.25) is 0 Å². The fourth-order valence-corrected chi connectivity index (χ4v) is 3.39. The molecule has 0 amide bonds. The van der Waals surface area contributed by atoms with Gasteiger partial charge in [-0.2, -0.15) is 4.80 Å². The Labute approximate surface area is 175 Å². The van der Waals surface area contributed by atoms with E-state index in [0.717, 1.165) is 17.0 Å². The maximum absolute atomic E-state index is 12.8. The van der Waals surface area contributed by atoms with Crippen molar-refractivity contribution in [2.45, 2.75) is 53.1 Å². The lowest BCUT2D eigenvalue weighted by molar-refractivity contribution is -0.140. The van der Waals surface area contributed by atoms with Gasteiger partial charge in [0.05, 0.1) is 13.5 Å². The van der Waals surface area contributed by atoms with E-state index in [1.54, 1.807) is 0 Å². The summed E-state index contributed by atoms with van der Waals surface area (Å²) in [6.07, 6.45) is 0.254. The Bertz CT molecular complexity index is 1050. The Morgan fingerprint density at radius 3 is 2.47 bits per heavy atom. The molecule has 0 atom stereocenters. The zero-order valence-corrected chi connectivity index (χ0v) is 18.0. The van der Waals surface area contributed by atoms with Crippen LogP contribution in [-0.2, 0) is 22.6 Å². The summed E-state index contributed by atoms with van der Waals surface area (Å²) in [7, 11) is 1.37. The number of esters is 1. The third-order valence-corrected chi connectivity index (χ3v) is 5.21. The van der Waals surface area contributed by atoms with E-state index in [9.17, 15) is 9.59 Å². The third-order valence-electron chi connectivity index (χ3n) is 5.21. The molecular weight excluding hydrogens is 382 g/mol. The van der Waals surface area contributed by atoms with E-state index in [-0.39, 0.29) is 24.7 Å². The number of nitrogens with zero attached hydrogens (tertiary/aromatic N) is 5. The molecule has 30 heavy (non-hydrogen) atoms. The Morgan fingerprint density at radius 2 is 1.83 bits per heavy atom. The second-order valence-electron chi connectivity index (χ2n) is 7.61. The summed E-state index contributed by atoms with van der Waals surface area (Å²) in [6, 6.07) is 9.86. The number of tetrazole rings is 1. The zero-order valence-electron chi connectivity index (χ0n) is 18.0. The lowest BCUT2D eigenvalue weighted by Gasteiger charge is -2.08. The molecule has 158 valence electrons. The average Bonchev–Trinajstić information content (AvgIpc) is 3.30. The van der Waals surface area contributed by atoms with Gasteiger partial charge in [0, 0.05) is 29.1 Å². The van der Waals surface area contributed by atoms with Crippen LogP contribution in [0.5, 0.6) is 0 Å². The first-order valence-corrected chi connectivity index (χ1v) is 9.95. The molecule has 1 aromatic carbocycles. The van der Waals surface area contributed by atoms with E-state index in [4.69, 9.17) is 4.74 Å². The van der Waals surface area contributed by atoms with Crippen LogP contribution in [0.3, 0.4) is 0 Å². The van der Waals surface area contributed by atoms with Crippen molar-refractivity contribution >= 4 is 11.8 Å². The van der Waals surface area contributed by atoms with Crippen molar-refractivity contribution in [1.82, 2.24) is 24.8 Å². The fourth-order valence-electron chi connectivity index (χ4n) is 3.39. The van der Waals surface area contributed by atoms with E-state index >= 15 is 0 Å². The van der Waals surface area contributed by atoms with Gasteiger partial charge >= 0.3 is 5.97 Å². The summed E-state index contributed by atoms with van der Waals surface area (Å²) in [5, 5.41) is 12.5. The van der Waals surface area contributed by atoms with E-state index in [0.29, 0.717) is 23.9 Å². The van der Waals surface area contributed by atoms with E-state index in [1.807, 2.05) is 36.6 Å². The molecule has 3 aromatic rings. The molecule has 0 N–H and O–H groups in total. The molecule has 8 nitrogen and oxygen atoms in total. The zero-order chi connectivity index (χ0) is 21.8. The summed E-state index contributed by atoms with van der Waals surface area (Å²) in [5.41, 5.74) is 4.42. The van der Waals surface area contributed by atoms with Crippen molar-refractivity contribution in [3.63, 3.8) is 0 Å². The van der Waals surface area contributed by atoms with Gasteiger partial charge in [-0.15, -0.1) is 10.2 Å². The number of ketones is 1. The average molecular weight is 409 g/mol. The first-order chi connectivity index (χ1) is 14.3. The van der Waals surface area contributed by atoms with Crippen molar-refractivity contribution in [2.24, 2.45) is 0 Å². The normalized spacial score (nSPS) is 11.1. The van der Waals surface area contributed by atoms with Crippen LogP contribution in [-0.4, -0.2) is 43.6 Å².